The molecule has 0 aliphatic heterocycles. The van der Waals surface area contributed by atoms with Gasteiger partial charge in [-0.3, -0.25) is 4.79 Å². The second-order valence-corrected chi connectivity index (χ2v) is 6.14. The molecule has 3 aromatic rings. The summed E-state index contributed by atoms with van der Waals surface area (Å²) < 4.78 is 21.2. The predicted molar refractivity (Wildman–Crippen MR) is 104 cm³/mol. The van der Waals surface area contributed by atoms with Crippen LogP contribution >= 0.6 is 0 Å². The van der Waals surface area contributed by atoms with Crippen molar-refractivity contribution in [2.24, 2.45) is 0 Å². The molecule has 1 heterocycles. The average molecular weight is 382 g/mol. The van der Waals surface area contributed by atoms with Crippen LogP contribution in [0.25, 0.3) is 11.3 Å². The highest BCUT2D eigenvalue weighted by Gasteiger charge is 2.17. The number of nitrogens with zero attached hydrogens (tertiary/aromatic N) is 2. The third-order valence-corrected chi connectivity index (χ3v) is 4.32. The fourth-order valence-electron chi connectivity index (χ4n) is 2.78. The van der Waals surface area contributed by atoms with Crippen LogP contribution in [0.15, 0.2) is 53.1 Å². The van der Waals surface area contributed by atoms with Crippen molar-refractivity contribution >= 4 is 5.91 Å². The number of aromatic nitrogens is 1. The molecule has 0 aliphatic carbocycles. The standard InChI is InChI=1S/C21H22N2O5/c1-23(21(24)14-5-7-16(25-2)8-6-14)13-15-11-20(28-22-15)18-10-9-17(26-3)12-19(18)27-4/h5-12H,13H2,1-4H3. The van der Waals surface area contributed by atoms with E-state index in [0.29, 0.717) is 40.8 Å². The van der Waals surface area contributed by atoms with E-state index in [0.717, 1.165) is 5.56 Å². The summed E-state index contributed by atoms with van der Waals surface area (Å²) in [5.41, 5.74) is 1.97. The van der Waals surface area contributed by atoms with Crippen LogP contribution in [0.4, 0.5) is 0 Å². The molecular weight excluding hydrogens is 360 g/mol. The molecule has 0 spiro atoms. The van der Waals surface area contributed by atoms with Crippen LogP contribution in [0.2, 0.25) is 0 Å². The zero-order chi connectivity index (χ0) is 20.1. The van der Waals surface area contributed by atoms with Gasteiger partial charge in [0.15, 0.2) is 5.76 Å². The number of methoxy groups -OCH3 is 3. The Balaban J connectivity index is 1.74. The minimum absolute atomic E-state index is 0.116. The number of amides is 1. The van der Waals surface area contributed by atoms with Gasteiger partial charge in [0.25, 0.3) is 5.91 Å². The van der Waals surface area contributed by atoms with Crippen molar-refractivity contribution in [3.8, 4) is 28.6 Å². The van der Waals surface area contributed by atoms with Crippen LogP contribution < -0.4 is 14.2 Å². The van der Waals surface area contributed by atoms with Crippen molar-refractivity contribution < 1.29 is 23.5 Å². The van der Waals surface area contributed by atoms with Gasteiger partial charge in [-0.1, -0.05) is 5.16 Å². The summed E-state index contributed by atoms with van der Waals surface area (Å²) in [7, 11) is 6.48. The summed E-state index contributed by atoms with van der Waals surface area (Å²) >= 11 is 0. The van der Waals surface area contributed by atoms with Gasteiger partial charge in [-0.15, -0.1) is 0 Å². The summed E-state index contributed by atoms with van der Waals surface area (Å²) in [6, 6.07) is 14.2. The molecule has 1 amide bonds. The topological polar surface area (TPSA) is 74.0 Å². The third-order valence-electron chi connectivity index (χ3n) is 4.32. The predicted octanol–water partition coefficient (Wildman–Crippen LogP) is 3.64. The van der Waals surface area contributed by atoms with Gasteiger partial charge in [-0.25, -0.2) is 0 Å². The lowest BCUT2D eigenvalue weighted by Gasteiger charge is -2.15. The number of carbonyl (C=O) groups is 1. The van der Waals surface area contributed by atoms with E-state index in [9.17, 15) is 4.79 Å². The largest absolute Gasteiger partial charge is 0.497 e. The first-order valence-electron chi connectivity index (χ1n) is 8.63. The van der Waals surface area contributed by atoms with E-state index in [4.69, 9.17) is 18.7 Å². The molecule has 0 radical (unpaired) electrons. The molecule has 0 unspecified atom stereocenters. The van der Waals surface area contributed by atoms with Gasteiger partial charge in [0.2, 0.25) is 0 Å². The van der Waals surface area contributed by atoms with Gasteiger partial charge in [-0.2, -0.15) is 0 Å². The van der Waals surface area contributed by atoms with Crippen molar-refractivity contribution in [3.63, 3.8) is 0 Å². The van der Waals surface area contributed by atoms with Gasteiger partial charge in [0, 0.05) is 24.7 Å². The Labute approximate surface area is 163 Å². The summed E-state index contributed by atoms with van der Waals surface area (Å²) in [6.45, 7) is 0.312. The Bertz CT molecular complexity index is 950. The highest BCUT2D eigenvalue weighted by molar-refractivity contribution is 5.94. The Morgan fingerprint density at radius 2 is 1.64 bits per heavy atom. The number of hydrogen-bond acceptors (Lipinski definition) is 6. The van der Waals surface area contributed by atoms with Crippen molar-refractivity contribution in [2.75, 3.05) is 28.4 Å². The van der Waals surface area contributed by atoms with Gasteiger partial charge in [0.05, 0.1) is 33.4 Å². The lowest BCUT2D eigenvalue weighted by atomic mass is 10.1. The van der Waals surface area contributed by atoms with Crippen LogP contribution in [0.3, 0.4) is 0 Å². The van der Waals surface area contributed by atoms with Crippen LogP contribution in [-0.4, -0.2) is 44.3 Å². The molecule has 3 rings (SSSR count). The maximum absolute atomic E-state index is 12.6. The summed E-state index contributed by atoms with van der Waals surface area (Å²) in [5, 5.41) is 4.08. The Kier molecular flexibility index (Phi) is 5.84. The number of ether oxygens (including phenoxy) is 3. The third kappa shape index (κ3) is 4.09. The normalized spacial score (nSPS) is 10.4. The van der Waals surface area contributed by atoms with Gasteiger partial charge in [-0.05, 0) is 36.4 Å². The molecule has 0 bridgehead atoms. The molecule has 0 saturated heterocycles. The first-order chi connectivity index (χ1) is 13.5. The van der Waals surface area contributed by atoms with Crippen molar-refractivity contribution in [1.82, 2.24) is 10.1 Å². The van der Waals surface area contributed by atoms with Crippen LogP contribution in [0.1, 0.15) is 16.1 Å². The summed E-state index contributed by atoms with van der Waals surface area (Å²) in [6.07, 6.45) is 0. The minimum atomic E-state index is -0.116. The van der Waals surface area contributed by atoms with E-state index in [1.165, 1.54) is 0 Å². The van der Waals surface area contributed by atoms with E-state index in [2.05, 4.69) is 5.16 Å². The Hall–Kier alpha value is -3.48. The fraction of sp³-hybridized carbons (Fsp3) is 0.238. The number of benzene rings is 2. The highest BCUT2D eigenvalue weighted by Crippen LogP contribution is 2.33. The molecule has 146 valence electrons. The maximum atomic E-state index is 12.6. The number of rotatable bonds is 7. The highest BCUT2D eigenvalue weighted by atomic mass is 16.5. The molecule has 7 heteroatoms. The van der Waals surface area contributed by atoms with Crippen molar-refractivity contribution in [2.45, 2.75) is 6.54 Å². The fourth-order valence-corrected chi connectivity index (χ4v) is 2.78. The van der Waals surface area contributed by atoms with Crippen LogP contribution in [0, 0.1) is 0 Å². The van der Waals surface area contributed by atoms with Gasteiger partial charge < -0.3 is 23.6 Å². The van der Waals surface area contributed by atoms with E-state index in [1.807, 2.05) is 12.1 Å². The van der Waals surface area contributed by atoms with Gasteiger partial charge in [0.1, 0.15) is 22.9 Å². The second-order valence-electron chi connectivity index (χ2n) is 6.14. The van der Waals surface area contributed by atoms with Crippen LogP contribution in [0.5, 0.6) is 17.2 Å². The summed E-state index contributed by atoms with van der Waals surface area (Å²) in [4.78, 5) is 14.2. The molecular formula is C21H22N2O5. The monoisotopic (exact) mass is 382 g/mol. The van der Waals surface area contributed by atoms with E-state index in [-0.39, 0.29) is 5.91 Å². The Morgan fingerprint density at radius 1 is 0.964 bits per heavy atom. The molecule has 2 aromatic carbocycles. The van der Waals surface area contributed by atoms with Crippen molar-refractivity contribution in [3.05, 3.63) is 59.8 Å². The lowest BCUT2D eigenvalue weighted by Crippen LogP contribution is -2.26. The van der Waals surface area contributed by atoms with E-state index >= 15 is 0 Å². The maximum Gasteiger partial charge on any atom is 0.253 e. The SMILES string of the molecule is COc1ccc(C(=O)N(C)Cc2cc(-c3ccc(OC)cc3OC)on2)cc1. The average Bonchev–Trinajstić information content (AvgIpc) is 3.20. The quantitative estimate of drug-likeness (QED) is 0.621. The van der Waals surface area contributed by atoms with E-state index < -0.39 is 0 Å². The lowest BCUT2D eigenvalue weighted by molar-refractivity contribution is 0.0782. The molecule has 7 nitrogen and oxygen atoms in total. The minimum Gasteiger partial charge on any atom is -0.497 e. The molecule has 0 fully saturated rings. The first kappa shape index (κ1) is 19.3. The molecule has 0 aliphatic rings. The second kappa shape index (κ2) is 8.47. The smallest absolute Gasteiger partial charge is 0.253 e. The number of hydrogen-bond donors (Lipinski definition) is 0. The van der Waals surface area contributed by atoms with E-state index in [1.54, 1.807) is 69.7 Å². The molecule has 0 saturated carbocycles. The first-order valence-corrected chi connectivity index (χ1v) is 8.63. The van der Waals surface area contributed by atoms with Crippen LogP contribution in [-0.2, 0) is 6.54 Å². The van der Waals surface area contributed by atoms with Crippen molar-refractivity contribution in [1.29, 1.82) is 0 Å². The van der Waals surface area contributed by atoms with Gasteiger partial charge >= 0.3 is 0 Å². The zero-order valence-electron chi connectivity index (χ0n) is 16.3. The zero-order valence-corrected chi connectivity index (χ0v) is 16.3. The Morgan fingerprint density at radius 3 is 2.29 bits per heavy atom. The molecule has 1 aromatic heterocycles. The molecule has 0 atom stereocenters. The number of carbonyl (C=O) groups excluding carboxylic acids is 1. The summed E-state index contributed by atoms with van der Waals surface area (Å²) in [5.74, 6) is 2.44. The molecule has 28 heavy (non-hydrogen) atoms. The molecule has 0 N–H and O–H groups in total.